The Morgan fingerprint density at radius 3 is 3.00 bits per heavy atom. The van der Waals surface area contributed by atoms with Gasteiger partial charge in [0.1, 0.15) is 0 Å². The summed E-state index contributed by atoms with van der Waals surface area (Å²) in [4.78, 5) is 0. The van der Waals surface area contributed by atoms with Gasteiger partial charge < -0.3 is 4.74 Å². The molecule has 1 heterocycles. The van der Waals surface area contributed by atoms with E-state index in [0.717, 1.165) is 12.5 Å². The van der Waals surface area contributed by atoms with E-state index in [1.165, 1.54) is 25.7 Å². The van der Waals surface area contributed by atoms with Gasteiger partial charge in [-0.1, -0.05) is 6.42 Å². The standard InChI is InChI=1S/C7H12O/c1-2-6-4-5-8-7(6)3-1/h6-7H,1-5H2/t6-,7-/m1/s1. The quantitative estimate of drug-likeness (QED) is 0.462. The first kappa shape index (κ1) is 4.80. The van der Waals surface area contributed by atoms with Crippen LogP contribution in [0.25, 0.3) is 0 Å². The van der Waals surface area contributed by atoms with Gasteiger partial charge in [-0.05, 0) is 25.2 Å². The van der Waals surface area contributed by atoms with Crippen LogP contribution in [0.3, 0.4) is 0 Å². The molecule has 0 bridgehead atoms. The zero-order chi connectivity index (χ0) is 5.40. The first-order valence-corrected chi connectivity index (χ1v) is 3.58. The molecule has 1 saturated heterocycles. The van der Waals surface area contributed by atoms with Gasteiger partial charge in [-0.3, -0.25) is 0 Å². The van der Waals surface area contributed by atoms with Gasteiger partial charge in [0.15, 0.2) is 0 Å². The molecule has 1 nitrogen and oxygen atoms in total. The van der Waals surface area contributed by atoms with Crippen LogP contribution in [-0.4, -0.2) is 12.7 Å². The van der Waals surface area contributed by atoms with Crippen LogP contribution in [0.1, 0.15) is 25.7 Å². The predicted octanol–water partition coefficient (Wildman–Crippen LogP) is 1.58. The summed E-state index contributed by atoms with van der Waals surface area (Å²) >= 11 is 0. The molecule has 0 aromatic rings. The topological polar surface area (TPSA) is 9.23 Å². The van der Waals surface area contributed by atoms with Crippen molar-refractivity contribution in [3.63, 3.8) is 0 Å². The normalized spacial score (nSPS) is 45.0. The molecule has 2 fully saturated rings. The van der Waals surface area contributed by atoms with Crippen LogP contribution in [0, 0.1) is 5.92 Å². The average Bonchev–Trinajstić information content (AvgIpc) is 2.15. The third-order valence-electron chi connectivity index (χ3n) is 2.41. The van der Waals surface area contributed by atoms with Crippen LogP contribution in [0.5, 0.6) is 0 Å². The van der Waals surface area contributed by atoms with Crippen LogP contribution >= 0.6 is 0 Å². The van der Waals surface area contributed by atoms with E-state index in [9.17, 15) is 0 Å². The largest absolute Gasteiger partial charge is 0.378 e. The molecule has 1 aliphatic carbocycles. The molecular weight excluding hydrogens is 100 g/mol. The van der Waals surface area contributed by atoms with Crippen LogP contribution in [-0.2, 0) is 4.74 Å². The fourth-order valence-electron chi connectivity index (χ4n) is 1.92. The lowest BCUT2D eigenvalue weighted by Crippen LogP contribution is -2.06. The van der Waals surface area contributed by atoms with Gasteiger partial charge in [-0.25, -0.2) is 0 Å². The van der Waals surface area contributed by atoms with Crippen molar-refractivity contribution in [1.82, 2.24) is 0 Å². The molecule has 0 N–H and O–H groups in total. The van der Waals surface area contributed by atoms with Crippen molar-refractivity contribution in [1.29, 1.82) is 0 Å². The number of hydrogen-bond acceptors (Lipinski definition) is 1. The fraction of sp³-hybridized carbons (Fsp3) is 1.00. The maximum absolute atomic E-state index is 5.48. The monoisotopic (exact) mass is 112 g/mol. The Bertz CT molecular complexity index is 70.4. The Labute approximate surface area is 50.0 Å². The van der Waals surface area contributed by atoms with E-state index in [-0.39, 0.29) is 0 Å². The Morgan fingerprint density at radius 2 is 2.12 bits per heavy atom. The van der Waals surface area contributed by atoms with Gasteiger partial charge in [0.2, 0.25) is 0 Å². The molecule has 0 aromatic carbocycles. The van der Waals surface area contributed by atoms with E-state index >= 15 is 0 Å². The molecule has 1 aliphatic heterocycles. The molecule has 0 amide bonds. The maximum Gasteiger partial charge on any atom is 0.0604 e. The molecule has 0 aromatic heterocycles. The highest BCUT2D eigenvalue weighted by Crippen LogP contribution is 2.35. The van der Waals surface area contributed by atoms with Gasteiger partial charge in [-0.15, -0.1) is 0 Å². The molecule has 0 spiro atoms. The van der Waals surface area contributed by atoms with E-state index in [0.29, 0.717) is 6.10 Å². The summed E-state index contributed by atoms with van der Waals surface area (Å²) in [6, 6.07) is 0. The zero-order valence-corrected chi connectivity index (χ0v) is 5.10. The van der Waals surface area contributed by atoms with Crippen molar-refractivity contribution in [2.45, 2.75) is 31.8 Å². The molecule has 0 radical (unpaired) electrons. The van der Waals surface area contributed by atoms with E-state index < -0.39 is 0 Å². The number of rotatable bonds is 0. The molecule has 1 saturated carbocycles. The molecule has 2 rings (SSSR count). The Balaban J connectivity index is 2.04. The third-order valence-corrected chi connectivity index (χ3v) is 2.41. The first-order chi connectivity index (χ1) is 3.97. The minimum atomic E-state index is 0.676. The highest BCUT2D eigenvalue weighted by Gasteiger charge is 2.31. The Morgan fingerprint density at radius 1 is 1.12 bits per heavy atom. The van der Waals surface area contributed by atoms with Crippen LogP contribution in [0.2, 0.25) is 0 Å². The summed E-state index contributed by atoms with van der Waals surface area (Å²) in [5, 5.41) is 0. The molecule has 2 aliphatic rings. The van der Waals surface area contributed by atoms with Crippen LogP contribution < -0.4 is 0 Å². The van der Waals surface area contributed by atoms with Crippen LogP contribution in [0.4, 0.5) is 0 Å². The fourth-order valence-corrected chi connectivity index (χ4v) is 1.92. The van der Waals surface area contributed by atoms with Gasteiger partial charge in [0.05, 0.1) is 6.10 Å². The van der Waals surface area contributed by atoms with Crippen molar-refractivity contribution >= 4 is 0 Å². The average molecular weight is 112 g/mol. The van der Waals surface area contributed by atoms with E-state index in [1.54, 1.807) is 0 Å². The highest BCUT2D eigenvalue weighted by atomic mass is 16.5. The van der Waals surface area contributed by atoms with Crippen molar-refractivity contribution in [3.05, 3.63) is 0 Å². The minimum Gasteiger partial charge on any atom is -0.378 e. The van der Waals surface area contributed by atoms with Gasteiger partial charge >= 0.3 is 0 Å². The van der Waals surface area contributed by atoms with Crippen molar-refractivity contribution in [2.24, 2.45) is 5.92 Å². The lowest BCUT2D eigenvalue weighted by atomic mass is 10.1. The molecule has 2 atom stereocenters. The van der Waals surface area contributed by atoms with Crippen molar-refractivity contribution < 1.29 is 4.74 Å². The van der Waals surface area contributed by atoms with E-state index in [2.05, 4.69) is 0 Å². The van der Waals surface area contributed by atoms with Gasteiger partial charge in [-0.2, -0.15) is 0 Å². The third kappa shape index (κ3) is 0.576. The first-order valence-electron chi connectivity index (χ1n) is 3.58. The summed E-state index contributed by atoms with van der Waals surface area (Å²) in [7, 11) is 0. The van der Waals surface area contributed by atoms with E-state index in [4.69, 9.17) is 4.74 Å². The summed E-state index contributed by atoms with van der Waals surface area (Å²) in [5.41, 5.74) is 0. The second-order valence-corrected chi connectivity index (χ2v) is 2.89. The number of hydrogen-bond donors (Lipinski definition) is 0. The van der Waals surface area contributed by atoms with Gasteiger partial charge in [0, 0.05) is 6.61 Å². The number of ether oxygens (including phenoxy) is 1. The molecule has 0 unspecified atom stereocenters. The zero-order valence-electron chi connectivity index (χ0n) is 5.10. The predicted molar refractivity (Wildman–Crippen MR) is 31.7 cm³/mol. The summed E-state index contributed by atoms with van der Waals surface area (Å²) in [6.45, 7) is 1.04. The van der Waals surface area contributed by atoms with Crippen molar-refractivity contribution in [2.75, 3.05) is 6.61 Å². The summed E-state index contributed by atoms with van der Waals surface area (Å²) in [6.07, 6.45) is 6.20. The minimum absolute atomic E-state index is 0.676. The molecular formula is C7H12O. The molecule has 1 heteroatoms. The number of fused-ring (bicyclic) bond motifs is 1. The second kappa shape index (κ2) is 1.73. The van der Waals surface area contributed by atoms with Crippen molar-refractivity contribution in [3.8, 4) is 0 Å². The SMILES string of the molecule is C1C[C@@H]2CCO[C@@H]2C1. The second-order valence-electron chi connectivity index (χ2n) is 2.89. The van der Waals surface area contributed by atoms with E-state index in [1.807, 2.05) is 0 Å². The maximum atomic E-state index is 5.48. The smallest absolute Gasteiger partial charge is 0.0604 e. The highest BCUT2D eigenvalue weighted by molar-refractivity contribution is 4.81. The lowest BCUT2D eigenvalue weighted by Gasteiger charge is -2.04. The molecule has 8 heavy (non-hydrogen) atoms. The Kier molecular flexibility index (Phi) is 1.04. The lowest BCUT2D eigenvalue weighted by molar-refractivity contribution is 0.103. The molecule has 46 valence electrons. The van der Waals surface area contributed by atoms with Crippen LogP contribution in [0.15, 0.2) is 0 Å². The summed E-state index contributed by atoms with van der Waals surface area (Å²) in [5.74, 6) is 0.954. The Hall–Kier alpha value is -0.0400. The van der Waals surface area contributed by atoms with Gasteiger partial charge in [0.25, 0.3) is 0 Å². The summed E-state index contributed by atoms with van der Waals surface area (Å²) < 4.78 is 5.48.